The van der Waals surface area contributed by atoms with Gasteiger partial charge >= 0.3 is 0 Å². The van der Waals surface area contributed by atoms with E-state index in [4.69, 9.17) is 4.42 Å². The van der Waals surface area contributed by atoms with Gasteiger partial charge in [-0.25, -0.2) is 0 Å². The van der Waals surface area contributed by atoms with Crippen molar-refractivity contribution in [2.45, 2.75) is 24.9 Å². The number of benzene rings is 3. The molecule has 162 valence electrons. The number of aliphatic hydroxyl groups is 1. The Kier molecular flexibility index (Phi) is 6.20. The molecule has 0 bridgehead atoms. The molecule has 3 nitrogen and oxygen atoms in total. The Hall–Kier alpha value is -3.14. The van der Waals surface area contributed by atoms with Crippen molar-refractivity contribution < 1.29 is 9.52 Å². The highest BCUT2D eigenvalue weighted by atomic mass is 16.3. The first-order valence-corrected chi connectivity index (χ1v) is 11.5. The van der Waals surface area contributed by atoms with Gasteiger partial charge in [-0.15, -0.1) is 0 Å². The first-order chi connectivity index (χ1) is 15.8. The highest BCUT2D eigenvalue weighted by Gasteiger charge is 2.24. The normalized spacial score (nSPS) is 16.6. The smallest absolute Gasteiger partial charge is 0.141 e. The summed E-state index contributed by atoms with van der Waals surface area (Å²) in [6.45, 7) is 2.90. The maximum Gasteiger partial charge on any atom is 0.141 e. The lowest BCUT2D eigenvalue weighted by atomic mass is 9.86. The topological polar surface area (TPSA) is 36.6 Å². The van der Waals surface area contributed by atoms with Gasteiger partial charge in [-0.3, -0.25) is 4.90 Å². The highest BCUT2D eigenvalue weighted by Crippen LogP contribution is 2.35. The van der Waals surface area contributed by atoms with Gasteiger partial charge in [0.1, 0.15) is 5.58 Å². The Morgan fingerprint density at radius 1 is 0.844 bits per heavy atom. The molecule has 0 spiro atoms. The molecule has 1 N–H and O–H groups in total. The Morgan fingerprint density at radius 3 is 2.31 bits per heavy atom. The van der Waals surface area contributed by atoms with Gasteiger partial charge in [0.15, 0.2) is 0 Å². The second-order valence-corrected chi connectivity index (χ2v) is 8.59. The fourth-order valence-electron chi connectivity index (χ4n) is 4.82. The second-order valence-electron chi connectivity index (χ2n) is 8.59. The van der Waals surface area contributed by atoms with Crippen LogP contribution in [0, 0.1) is 0 Å². The predicted molar refractivity (Wildman–Crippen MR) is 130 cm³/mol. The average Bonchev–Trinajstić information content (AvgIpc) is 3.35. The van der Waals surface area contributed by atoms with Crippen molar-refractivity contribution in [3.05, 3.63) is 114 Å². The van der Waals surface area contributed by atoms with E-state index in [1.165, 1.54) is 16.7 Å². The molecule has 2 unspecified atom stereocenters. The van der Waals surface area contributed by atoms with Crippen LogP contribution in [0.25, 0.3) is 16.5 Å². The van der Waals surface area contributed by atoms with Gasteiger partial charge in [0.2, 0.25) is 0 Å². The summed E-state index contributed by atoms with van der Waals surface area (Å²) in [7, 11) is 0. The van der Waals surface area contributed by atoms with Gasteiger partial charge in [-0.05, 0) is 42.2 Å². The van der Waals surface area contributed by atoms with E-state index in [1.54, 1.807) is 6.26 Å². The first kappa shape index (κ1) is 20.7. The Bertz CT molecular complexity index is 1180. The largest absolute Gasteiger partial charge is 0.464 e. The van der Waals surface area contributed by atoms with E-state index in [2.05, 4.69) is 53.4 Å². The van der Waals surface area contributed by atoms with Gasteiger partial charge in [0.05, 0.1) is 12.4 Å². The predicted octanol–water partition coefficient (Wildman–Crippen LogP) is 6.43. The minimum atomic E-state index is -0.508. The molecule has 0 radical (unpaired) electrons. The third-order valence-electron chi connectivity index (χ3n) is 6.62. The second kappa shape index (κ2) is 9.56. The molecule has 0 saturated carbocycles. The van der Waals surface area contributed by atoms with Crippen molar-refractivity contribution in [1.82, 2.24) is 4.90 Å². The maximum absolute atomic E-state index is 11.2. The summed E-state index contributed by atoms with van der Waals surface area (Å²) in [5.41, 5.74) is 5.75. The van der Waals surface area contributed by atoms with Crippen LogP contribution in [0.4, 0.5) is 0 Å². The molecule has 1 aromatic heterocycles. The zero-order valence-electron chi connectivity index (χ0n) is 18.2. The number of aliphatic hydroxyl groups excluding tert-OH is 1. The van der Waals surface area contributed by atoms with Crippen LogP contribution >= 0.6 is 0 Å². The van der Waals surface area contributed by atoms with E-state index >= 15 is 0 Å². The molecule has 1 aliphatic rings. The molecule has 0 aliphatic carbocycles. The van der Waals surface area contributed by atoms with Gasteiger partial charge in [-0.2, -0.15) is 0 Å². The molecule has 0 amide bonds. The Balaban J connectivity index is 1.29. The lowest BCUT2D eigenvalue weighted by Gasteiger charge is -2.30. The van der Waals surface area contributed by atoms with Crippen LogP contribution in [0.2, 0.25) is 0 Å². The molecule has 0 saturated heterocycles. The molecular weight excluding hydrogens is 394 g/mol. The van der Waals surface area contributed by atoms with E-state index < -0.39 is 6.10 Å². The third kappa shape index (κ3) is 4.40. The van der Waals surface area contributed by atoms with Crippen LogP contribution in [-0.4, -0.2) is 29.6 Å². The lowest BCUT2D eigenvalue weighted by molar-refractivity contribution is 0.132. The van der Waals surface area contributed by atoms with Gasteiger partial charge < -0.3 is 9.52 Å². The molecule has 2 heterocycles. The Morgan fingerprint density at radius 2 is 1.59 bits per heavy atom. The maximum atomic E-state index is 11.2. The van der Waals surface area contributed by atoms with E-state index in [9.17, 15) is 5.11 Å². The summed E-state index contributed by atoms with van der Waals surface area (Å²) in [4.78, 5) is 2.49. The molecule has 5 rings (SSSR count). The van der Waals surface area contributed by atoms with E-state index in [-0.39, 0.29) is 5.92 Å². The zero-order chi connectivity index (χ0) is 21.8. The lowest BCUT2D eigenvalue weighted by Crippen LogP contribution is -2.31. The molecule has 3 heteroatoms. The number of furan rings is 1. The van der Waals surface area contributed by atoms with Crippen molar-refractivity contribution >= 4 is 16.5 Å². The summed E-state index contributed by atoms with van der Waals surface area (Å²) in [6.07, 6.45) is 5.53. The average molecular weight is 424 g/mol. The van der Waals surface area contributed by atoms with Gasteiger partial charge in [0.25, 0.3) is 0 Å². The van der Waals surface area contributed by atoms with Gasteiger partial charge in [-0.1, -0.05) is 84.9 Å². The standard InChI is InChI=1S/C29H29NO2/c31-28(24-10-5-2-6-11-24)26(22-8-3-1-4-9-22)16-20-30-18-14-23(15-19-30)27-13-7-12-25-17-21-32-29(25)27/h1-14,17,21,26,28,31H,15-16,18-20H2. The number of hydrogen-bond acceptors (Lipinski definition) is 3. The van der Waals surface area contributed by atoms with Crippen LogP contribution in [0.5, 0.6) is 0 Å². The minimum absolute atomic E-state index is 0.0702. The summed E-state index contributed by atoms with van der Waals surface area (Å²) >= 11 is 0. The van der Waals surface area contributed by atoms with Crippen molar-refractivity contribution in [2.24, 2.45) is 0 Å². The fraction of sp³-hybridized carbons (Fsp3) is 0.241. The summed E-state index contributed by atoms with van der Waals surface area (Å²) in [5, 5.41) is 12.4. The highest BCUT2D eigenvalue weighted by molar-refractivity contribution is 5.89. The van der Waals surface area contributed by atoms with Crippen LogP contribution in [0.1, 0.15) is 41.6 Å². The van der Waals surface area contributed by atoms with E-state index in [1.807, 2.05) is 42.5 Å². The van der Waals surface area contributed by atoms with Gasteiger partial charge in [0, 0.05) is 30.0 Å². The third-order valence-corrected chi connectivity index (χ3v) is 6.62. The molecule has 32 heavy (non-hydrogen) atoms. The summed E-state index contributed by atoms with van der Waals surface area (Å²) in [5.74, 6) is 0.0702. The Labute approximate surface area is 189 Å². The monoisotopic (exact) mass is 423 g/mol. The number of para-hydroxylation sites is 1. The number of fused-ring (bicyclic) bond motifs is 1. The van der Waals surface area contributed by atoms with Crippen LogP contribution < -0.4 is 0 Å². The number of rotatable bonds is 7. The summed E-state index contributed by atoms with van der Waals surface area (Å²) < 4.78 is 5.74. The molecule has 1 aliphatic heterocycles. The summed E-state index contributed by atoms with van der Waals surface area (Å²) in [6, 6.07) is 28.8. The number of nitrogens with zero attached hydrogens (tertiary/aromatic N) is 1. The fourth-order valence-corrected chi connectivity index (χ4v) is 4.82. The van der Waals surface area contributed by atoms with Crippen LogP contribution in [0.15, 0.2) is 102 Å². The van der Waals surface area contributed by atoms with Crippen molar-refractivity contribution in [2.75, 3.05) is 19.6 Å². The zero-order valence-corrected chi connectivity index (χ0v) is 18.2. The quantitative estimate of drug-likeness (QED) is 0.372. The van der Waals surface area contributed by atoms with E-state index in [0.717, 1.165) is 49.0 Å². The first-order valence-electron chi connectivity index (χ1n) is 11.5. The van der Waals surface area contributed by atoms with E-state index in [0.29, 0.717) is 0 Å². The number of hydrogen-bond donors (Lipinski definition) is 1. The minimum Gasteiger partial charge on any atom is -0.464 e. The SMILES string of the molecule is OC(c1ccccc1)C(CCN1CC=C(c2cccc3ccoc23)CC1)c1ccccc1. The molecule has 2 atom stereocenters. The van der Waals surface area contributed by atoms with Crippen molar-refractivity contribution in [1.29, 1.82) is 0 Å². The van der Waals surface area contributed by atoms with Crippen molar-refractivity contribution in [3.8, 4) is 0 Å². The van der Waals surface area contributed by atoms with Crippen molar-refractivity contribution in [3.63, 3.8) is 0 Å². The molecule has 0 fully saturated rings. The molecular formula is C29H29NO2. The molecule has 3 aromatic carbocycles. The molecule has 4 aromatic rings. The van der Waals surface area contributed by atoms with Crippen LogP contribution in [-0.2, 0) is 0 Å². The van der Waals surface area contributed by atoms with Crippen LogP contribution in [0.3, 0.4) is 0 Å².